The molecule has 2 aliphatic rings. The fourth-order valence-electron chi connectivity index (χ4n) is 3.32. The van der Waals surface area contributed by atoms with Crippen molar-refractivity contribution in [1.82, 2.24) is 0 Å². The second-order valence-corrected chi connectivity index (χ2v) is 6.35. The zero-order chi connectivity index (χ0) is 11.7. The second kappa shape index (κ2) is 5.09. The van der Waals surface area contributed by atoms with E-state index in [9.17, 15) is 0 Å². The van der Waals surface area contributed by atoms with Gasteiger partial charge >= 0.3 is 0 Å². The van der Waals surface area contributed by atoms with Crippen LogP contribution >= 0.6 is 11.3 Å². The molecule has 0 aromatic carbocycles. The highest BCUT2D eigenvalue weighted by atomic mass is 32.1. The minimum atomic E-state index is 0.295. The van der Waals surface area contributed by atoms with E-state index in [1.807, 2.05) is 11.3 Å². The molecule has 0 saturated carbocycles. The number of hydrogen-bond acceptors (Lipinski definition) is 3. The third kappa shape index (κ3) is 2.28. The van der Waals surface area contributed by atoms with E-state index in [0.29, 0.717) is 17.9 Å². The van der Waals surface area contributed by atoms with Crippen molar-refractivity contribution in [3.05, 3.63) is 21.9 Å². The average Bonchev–Trinajstić information content (AvgIpc) is 2.87. The van der Waals surface area contributed by atoms with Crippen LogP contribution in [-0.4, -0.2) is 19.3 Å². The van der Waals surface area contributed by atoms with Crippen LogP contribution < -0.4 is 5.73 Å². The number of aryl methyl sites for hydroxylation is 1. The van der Waals surface area contributed by atoms with Crippen LogP contribution in [0.15, 0.2) is 11.4 Å². The maximum atomic E-state index is 6.52. The molecule has 1 aromatic heterocycles. The van der Waals surface area contributed by atoms with Gasteiger partial charge in [0.1, 0.15) is 0 Å². The molecule has 0 amide bonds. The van der Waals surface area contributed by atoms with Gasteiger partial charge in [0.25, 0.3) is 0 Å². The predicted octanol–water partition coefficient (Wildman–Crippen LogP) is 2.92. The third-order valence-electron chi connectivity index (χ3n) is 4.30. The van der Waals surface area contributed by atoms with E-state index >= 15 is 0 Å². The minimum absolute atomic E-state index is 0.295. The predicted molar refractivity (Wildman–Crippen MR) is 71.5 cm³/mol. The lowest BCUT2D eigenvalue weighted by atomic mass is 9.76. The first kappa shape index (κ1) is 11.7. The van der Waals surface area contributed by atoms with E-state index in [-0.39, 0.29) is 0 Å². The summed E-state index contributed by atoms with van der Waals surface area (Å²) in [6, 6.07) is 2.59. The number of hydrogen-bond donors (Lipinski definition) is 1. The Balaban J connectivity index is 1.76. The molecule has 0 spiro atoms. The number of ether oxygens (including phenoxy) is 1. The third-order valence-corrected chi connectivity index (χ3v) is 5.30. The lowest BCUT2D eigenvalue weighted by Gasteiger charge is -2.35. The highest BCUT2D eigenvalue weighted by Gasteiger charge is 2.32. The van der Waals surface area contributed by atoms with Gasteiger partial charge in [-0.25, -0.2) is 0 Å². The highest BCUT2D eigenvalue weighted by Crippen LogP contribution is 2.39. The summed E-state index contributed by atoms with van der Waals surface area (Å²) in [5.41, 5.74) is 8.06. The van der Waals surface area contributed by atoms with Crippen molar-refractivity contribution in [2.24, 2.45) is 11.7 Å². The summed E-state index contributed by atoms with van der Waals surface area (Å²) in [4.78, 5) is 1.58. The van der Waals surface area contributed by atoms with Crippen molar-refractivity contribution < 1.29 is 4.74 Å². The summed E-state index contributed by atoms with van der Waals surface area (Å²) >= 11 is 1.91. The van der Waals surface area contributed by atoms with E-state index < -0.39 is 0 Å². The summed E-state index contributed by atoms with van der Waals surface area (Å²) in [5.74, 6) is 1.15. The maximum Gasteiger partial charge on any atom is 0.0509 e. The molecule has 94 valence electrons. The number of fused-ring (bicyclic) bond motifs is 1. The largest absolute Gasteiger partial charge is 0.381 e. The number of rotatable bonds is 2. The zero-order valence-electron chi connectivity index (χ0n) is 10.2. The fourth-order valence-corrected chi connectivity index (χ4v) is 4.32. The van der Waals surface area contributed by atoms with Crippen LogP contribution in [0.4, 0.5) is 0 Å². The van der Waals surface area contributed by atoms with E-state index in [1.165, 1.54) is 32.1 Å². The minimum Gasteiger partial charge on any atom is -0.381 e. The van der Waals surface area contributed by atoms with Crippen LogP contribution in [-0.2, 0) is 11.2 Å². The van der Waals surface area contributed by atoms with Crippen molar-refractivity contribution in [3.8, 4) is 0 Å². The summed E-state index contributed by atoms with van der Waals surface area (Å²) in [6.07, 6.45) is 6.26. The molecule has 17 heavy (non-hydrogen) atoms. The topological polar surface area (TPSA) is 35.2 Å². The molecule has 1 aliphatic heterocycles. The number of thiophene rings is 1. The van der Waals surface area contributed by atoms with Gasteiger partial charge in [0, 0.05) is 23.4 Å². The fraction of sp³-hybridized carbons (Fsp3) is 0.714. The lowest BCUT2D eigenvalue weighted by Crippen LogP contribution is -2.41. The summed E-state index contributed by atoms with van der Waals surface area (Å²) in [5, 5.41) is 2.23. The Kier molecular flexibility index (Phi) is 3.50. The van der Waals surface area contributed by atoms with E-state index in [2.05, 4.69) is 11.4 Å². The Morgan fingerprint density at radius 1 is 1.35 bits per heavy atom. The van der Waals surface area contributed by atoms with Crippen LogP contribution in [0.1, 0.15) is 42.0 Å². The van der Waals surface area contributed by atoms with Gasteiger partial charge in [-0.3, -0.25) is 0 Å². The molecule has 2 heterocycles. The van der Waals surface area contributed by atoms with Gasteiger partial charge in [-0.1, -0.05) is 0 Å². The second-order valence-electron chi connectivity index (χ2n) is 5.35. The van der Waals surface area contributed by atoms with Crippen molar-refractivity contribution in [2.45, 2.75) is 44.1 Å². The molecule has 1 fully saturated rings. The lowest BCUT2D eigenvalue weighted by molar-refractivity contribution is 0.0402. The Morgan fingerprint density at radius 2 is 2.29 bits per heavy atom. The Bertz CT molecular complexity index is 370. The SMILES string of the molecule is NC(C1CCCOC1)C1CCCc2sccc21. The van der Waals surface area contributed by atoms with Crippen molar-refractivity contribution in [1.29, 1.82) is 0 Å². The first-order valence-electron chi connectivity index (χ1n) is 6.76. The van der Waals surface area contributed by atoms with E-state index in [0.717, 1.165) is 13.2 Å². The molecule has 1 aromatic rings. The average molecular weight is 251 g/mol. The first-order chi connectivity index (χ1) is 8.36. The van der Waals surface area contributed by atoms with Gasteiger partial charge in [-0.2, -0.15) is 0 Å². The summed E-state index contributed by atoms with van der Waals surface area (Å²) in [6.45, 7) is 1.80. The first-order valence-corrected chi connectivity index (χ1v) is 7.64. The van der Waals surface area contributed by atoms with Crippen LogP contribution in [0.25, 0.3) is 0 Å². The molecular weight excluding hydrogens is 230 g/mol. The van der Waals surface area contributed by atoms with Gasteiger partial charge in [-0.05, 0) is 55.0 Å². The van der Waals surface area contributed by atoms with Gasteiger partial charge in [0.2, 0.25) is 0 Å². The Hall–Kier alpha value is -0.380. The smallest absolute Gasteiger partial charge is 0.0509 e. The molecule has 2 N–H and O–H groups in total. The van der Waals surface area contributed by atoms with Crippen LogP contribution in [0.3, 0.4) is 0 Å². The van der Waals surface area contributed by atoms with Gasteiger partial charge in [0.15, 0.2) is 0 Å². The van der Waals surface area contributed by atoms with E-state index in [1.54, 1.807) is 10.4 Å². The molecule has 3 unspecified atom stereocenters. The van der Waals surface area contributed by atoms with Gasteiger partial charge < -0.3 is 10.5 Å². The Morgan fingerprint density at radius 3 is 3.12 bits per heavy atom. The molecule has 1 aliphatic carbocycles. The quantitative estimate of drug-likeness (QED) is 0.877. The monoisotopic (exact) mass is 251 g/mol. The summed E-state index contributed by atoms with van der Waals surface area (Å²) < 4.78 is 5.59. The van der Waals surface area contributed by atoms with Gasteiger partial charge in [0.05, 0.1) is 6.61 Å². The zero-order valence-corrected chi connectivity index (χ0v) is 11.0. The van der Waals surface area contributed by atoms with E-state index in [4.69, 9.17) is 10.5 Å². The maximum absolute atomic E-state index is 6.52. The molecule has 3 rings (SSSR count). The molecule has 0 bridgehead atoms. The van der Waals surface area contributed by atoms with Crippen LogP contribution in [0, 0.1) is 5.92 Å². The van der Waals surface area contributed by atoms with Crippen molar-refractivity contribution >= 4 is 11.3 Å². The molecule has 3 atom stereocenters. The molecular formula is C14H21NOS. The Labute approximate surface area is 107 Å². The van der Waals surface area contributed by atoms with Crippen molar-refractivity contribution in [3.63, 3.8) is 0 Å². The molecule has 2 nitrogen and oxygen atoms in total. The number of nitrogens with two attached hydrogens (primary N) is 1. The highest BCUT2D eigenvalue weighted by molar-refractivity contribution is 7.10. The normalized spacial score (nSPS) is 30.9. The van der Waals surface area contributed by atoms with Crippen LogP contribution in [0.2, 0.25) is 0 Å². The molecule has 3 heteroatoms. The van der Waals surface area contributed by atoms with Gasteiger partial charge in [-0.15, -0.1) is 11.3 Å². The van der Waals surface area contributed by atoms with Crippen molar-refractivity contribution in [2.75, 3.05) is 13.2 Å². The standard InChI is InChI=1S/C14H21NOS/c15-14(10-3-2-7-16-9-10)12-4-1-5-13-11(12)6-8-17-13/h6,8,10,12,14H,1-5,7,9,15H2. The van der Waals surface area contributed by atoms with Crippen LogP contribution in [0.5, 0.6) is 0 Å². The molecule has 0 radical (unpaired) electrons. The molecule has 1 saturated heterocycles. The summed E-state index contributed by atoms with van der Waals surface area (Å²) in [7, 11) is 0.